The third-order valence-corrected chi connectivity index (χ3v) is 10.1. The predicted octanol–water partition coefficient (Wildman–Crippen LogP) is 5.41. The second-order valence-electron chi connectivity index (χ2n) is 11.2. The summed E-state index contributed by atoms with van der Waals surface area (Å²) in [5, 5.41) is 0. The smallest absolute Gasteiger partial charge is 0.0611 e. The second kappa shape index (κ2) is 8.19. The van der Waals surface area contributed by atoms with Crippen LogP contribution < -0.4 is 5.73 Å². The molecule has 0 saturated heterocycles. The number of nitrogens with two attached hydrogens (primary N) is 1. The molecular weight excluding hydrogens is 346 g/mol. The maximum Gasteiger partial charge on any atom is 0.0611 e. The summed E-state index contributed by atoms with van der Waals surface area (Å²) in [6.45, 7) is 12.3. The minimum atomic E-state index is 0.422. The molecule has 4 aliphatic rings. The Balaban J connectivity index is 1.59. The van der Waals surface area contributed by atoms with Crippen molar-refractivity contribution in [1.82, 2.24) is 0 Å². The first kappa shape index (κ1) is 21.1. The Bertz CT molecular complexity index is 539. The van der Waals surface area contributed by atoms with E-state index in [0.717, 1.165) is 42.6 Å². The SMILES string of the molecule is CCCOC1CC2C[C@H](OCCN)CCC2(C)C2CCC3(C)C(C)CCC3C12. The van der Waals surface area contributed by atoms with Gasteiger partial charge in [0.1, 0.15) is 0 Å². The lowest BCUT2D eigenvalue weighted by Gasteiger charge is -2.63. The molecule has 28 heavy (non-hydrogen) atoms. The van der Waals surface area contributed by atoms with E-state index in [1.807, 2.05) is 0 Å². The van der Waals surface area contributed by atoms with Gasteiger partial charge in [-0.15, -0.1) is 0 Å². The molecule has 2 N–H and O–H groups in total. The molecule has 4 saturated carbocycles. The minimum Gasteiger partial charge on any atom is -0.378 e. The van der Waals surface area contributed by atoms with Crippen molar-refractivity contribution in [2.75, 3.05) is 19.8 Å². The van der Waals surface area contributed by atoms with Gasteiger partial charge in [-0.25, -0.2) is 0 Å². The first-order valence-corrected chi connectivity index (χ1v) is 12.4. The van der Waals surface area contributed by atoms with Crippen molar-refractivity contribution < 1.29 is 9.47 Å². The molecule has 3 nitrogen and oxygen atoms in total. The van der Waals surface area contributed by atoms with Crippen LogP contribution in [0.3, 0.4) is 0 Å². The summed E-state index contributed by atoms with van der Waals surface area (Å²) in [7, 11) is 0. The Hall–Kier alpha value is -0.120. The molecule has 0 spiro atoms. The van der Waals surface area contributed by atoms with Crippen LogP contribution in [0.2, 0.25) is 0 Å². The number of fused-ring (bicyclic) bond motifs is 5. The Morgan fingerprint density at radius 1 is 0.893 bits per heavy atom. The van der Waals surface area contributed by atoms with Crippen LogP contribution in [0.15, 0.2) is 0 Å². The molecule has 0 aliphatic heterocycles. The first-order valence-electron chi connectivity index (χ1n) is 12.4. The topological polar surface area (TPSA) is 44.5 Å². The molecule has 4 rings (SSSR count). The van der Waals surface area contributed by atoms with Gasteiger partial charge in [-0.05, 0) is 98.2 Å². The molecule has 0 bridgehead atoms. The second-order valence-corrected chi connectivity index (χ2v) is 11.2. The van der Waals surface area contributed by atoms with E-state index in [2.05, 4.69) is 27.7 Å². The van der Waals surface area contributed by atoms with Gasteiger partial charge in [-0.2, -0.15) is 0 Å². The fourth-order valence-electron chi connectivity index (χ4n) is 8.25. The summed E-state index contributed by atoms with van der Waals surface area (Å²) in [5.41, 5.74) is 6.74. The standard InChI is InChI=1S/C25H45NO2/c1-5-13-28-22-16-18-15-19(27-14-12-26)8-10-25(18,4)21-9-11-24(3)17(2)6-7-20(24)23(21)22/h17-23H,5-16,26H2,1-4H3/t17?,18?,19-,20?,21?,22?,23?,24?,25?/m1/s1. The highest BCUT2D eigenvalue weighted by atomic mass is 16.5. The lowest BCUT2D eigenvalue weighted by Crippen LogP contribution is -2.59. The fraction of sp³-hybridized carbons (Fsp3) is 1.00. The van der Waals surface area contributed by atoms with Gasteiger partial charge < -0.3 is 15.2 Å². The van der Waals surface area contributed by atoms with E-state index in [0.29, 0.717) is 36.2 Å². The zero-order chi connectivity index (χ0) is 19.9. The van der Waals surface area contributed by atoms with Crippen LogP contribution in [0.25, 0.3) is 0 Å². The average Bonchev–Trinajstić information content (AvgIpc) is 2.99. The normalized spacial score (nSPS) is 50.7. The van der Waals surface area contributed by atoms with E-state index in [9.17, 15) is 0 Å². The molecule has 0 radical (unpaired) electrons. The maximum absolute atomic E-state index is 6.64. The largest absolute Gasteiger partial charge is 0.378 e. The van der Waals surface area contributed by atoms with Crippen molar-refractivity contribution in [2.24, 2.45) is 46.2 Å². The van der Waals surface area contributed by atoms with Crippen LogP contribution in [0, 0.1) is 40.4 Å². The van der Waals surface area contributed by atoms with E-state index in [1.54, 1.807) is 0 Å². The number of rotatable bonds is 6. The maximum atomic E-state index is 6.64. The summed E-state index contributed by atoms with van der Waals surface area (Å²) in [5.74, 6) is 4.17. The summed E-state index contributed by atoms with van der Waals surface area (Å²) in [6.07, 6.45) is 12.8. The van der Waals surface area contributed by atoms with Crippen molar-refractivity contribution >= 4 is 0 Å². The van der Waals surface area contributed by atoms with Crippen LogP contribution in [0.4, 0.5) is 0 Å². The molecule has 3 heteroatoms. The van der Waals surface area contributed by atoms with Crippen molar-refractivity contribution in [3.05, 3.63) is 0 Å². The molecule has 0 aromatic rings. The summed E-state index contributed by atoms with van der Waals surface area (Å²) >= 11 is 0. The number of hydrogen-bond donors (Lipinski definition) is 1. The van der Waals surface area contributed by atoms with E-state index in [1.165, 1.54) is 51.4 Å². The predicted molar refractivity (Wildman–Crippen MR) is 115 cm³/mol. The molecule has 8 unspecified atom stereocenters. The highest BCUT2D eigenvalue weighted by Gasteiger charge is 2.62. The van der Waals surface area contributed by atoms with Gasteiger partial charge in [-0.1, -0.05) is 27.7 Å². The summed E-state index contributed by atoms with van der Waals surface area (Å²) in [6, 6.07) is 0. The number of ether oxygens (including phenoxy) is 2. The monoisotopic (exact) mass is 391 g/mol. The van der Waals surface area contributed by atoms with Crippen LogP contribution in [-0.2, 0) is 9.47 Å². The highest BCUT2D eigenvalue weighted by Crippen LogP contribution is 2.67. The quantitative estimate of drug-likeness (QED) is 0.658. The van der Waals surface area contributed by atoms with E-state index in [-0.39, 0.29) is 0 Å². The van der Waals surface area contributed by atoms with Gasteiger partial charge in [0.15, 0.2) is 0 Å². The van der Waals surface area contributed by atoms with Gasteiger partial charge in [-0.3, -0.25) is 0 Å². The number of hydrogen-bond acceptors (Lipinski definition) is 3. The van der Waals surface area contributed by atoms with Crippen LogP contribution in [0.5, 0.6) is 0 Å². The van der Waals surface area contributed by atoms with Crippen molar-refractivity contribution in [2.45, 2.75) is 97.7 Å². The lowest BCUT2D eigenvalue weighted by molar-refractivity contribution is -0.189. The Kier molecular flexibility index (Phi) is 6.18. The molecule has 9 atom stereocenters. The van der Waals surface area contributed by atoms with Crippen LogP contribution in [0.1, 0.15) is 85.5 Å². The Morgan fingerprint density at radius 3 is 2.39 bits per heavy atom. The summed E-state index contributed by atoms with van der Waals surface area (Å²) < 4.78 is 12.8. The molecule has 0 aromatic heterocycles. The molecule has 4 fully saturated rings. The Morgan fingerprint density at radius 2 is 1.64 bits per heavy atom. The van der Waals surface area contributed by atoms with Crippen LogP contribution >= 0.6 is 0 Å². The summed E-state index contributed by atoms with van der Waals surface area (Å²) in [4.78, 5) is 0. The molecule has 0 amide bonds. The van der Waals surface area contributed by atoms with Gasteiger partial charge in [0.25, 0.3) is 0 Å². The van der Waals surface area contributed by atoms with Crippen LogP contribution in [-0.4, -0.2) is 32.0 Å². The Labute approximate surface area is 173 Å². The van der Waals surface area contributed by atoms with Crippen molar-refractivity contribution in [3.8, 4) is 0 Å². The zero-order valence-electron chi connectivity index (χ0n) is 18.9. The highest BCUT2D eigenvalue weighted by molar-refractivity contribution is 5.11. The van der Waals surface area contributed by atoms with Gasteiger partial charge >= 0.3 is 0 Å². The molecule has 4 aliphatic carbocycles. The molecule has 0 heterocycles. The third kappa shape index (κ3) is 3.38. The average molecular weight is 392 g/mol. The zero-order valence-corrected chi connectivity index (χ0v) is 18.9. The molecular formula is C25H45NO2. The minimum absolute atomic E-state index is 0.422. The van der Waals surface area contributed by atoms with Gasteiger partial charge in [0.05, 0.1) is 18.8 Å². The fourth-order valence-corrected chi connectivity index (χ4v) is 8.25. The third-order valence-electron chi connectivity index (χ3n) is 10.1. The van der Waals surface area contributed by atoms with Gasteiger partial charge in [0.2, 0.25) is 0 Å². The molecule has 0 aromatic carbocycles. The van der Waals surface area contributed by atoms with E-state index in [4.69, 9.17) is 15.2 Å². The van der Waals surface area contributed by atoms with Gasteiger partial charge in [0, 0.05) is 13.2 Å². The lowest BCUT2D eigenvalue weighted by atomic mass is 9.44. The van der Waals surface area contributed by atoms with E-state index >= 15 is 0 Å². The first-order chi connectivity index (χ1) is 13.4. The van der Waals surface area contributed by atoms with E-state index < -0.39 is 0 Å². The van der Waals surface area contributed by atoms with Crippen molar-refractivity contribution in [1.29, 1.82) is 0 Å². The van der Waals surface area contributed by atoms with Crippen molar-refractivity contribution in [3.63, 3.8) is 0 Å². The molecule has 162 valence electrons.